The molecule has 3 aromatic rings. The van der Waals surface area contributed by atoms with Crippen molar-refractivity contribution in [2.75, 3.05) is 20.3 Å². The minimum Gasteiger partial charge on any atom is -0.496 e. The molecule has 1 fully saturated rings. The van der Waals surface area contributed by atoms with Crippen LogP contribution in [0.25, 0.3) is 10.9 Å². The molecule has 168 valence electrons. The number of methoxy groups -OCH3 is 1. The minimum atomic E-state index is -0.881. The number of carbonyl (C=O) groups excluding carboxylic acids is 1. The number of carboxylic acid groups (broad SMARTS) is 1. The monoisotopic (exact) mass is 456 g/mol. The van der Waals surface area contributed by atoms with E-state index in [-0.39, 0.29) is 12.3 Å². The molecule has 2 aromatic carbocycles. The van der Waals surface area contributed by atoms with Gasteiger partial charge in [0, 0.05) is 24.1 Å². The summed E-state index contributed by atoms with van der Waals surface area (Å²) >= 11 is 6.55. The molecule has 1 amide bonds. The van der Waals surface area contributed by atoms with Crippen molar-refractivity contribution < 1.29 is 24.2 Å². The molecule has 2 N–H and O–H groups in total. The summed E-state index contributed by atoms with van der Waals surface area (Å²) in [5.41, 5.74) is 3.97. The highest BCUT2D eigenvalue weighted by atomic mass is 35.5. The summed E-state index contributed by atoms with van der Waals surface area (Å²) in [6, 6.07) is 9.18. The molecule has 1 aromatic heterocycles. The fraction of sp³-hybridized carbons (Fsp3) is 0.333. The first kappa shape index (κ1) is 22.2. The number of aliphatic carboxylic acids is 1. The Morgan fingerprint density at radius 2 is 1.97 bits per heavy atom. The summed E-state index contributed by atoms with van der Waals surface area (Å²) in [6.45, 7) is 4.48. The maximum absolute atomic E-state index is 13.4. The van der Waals surface area contributed by atoms with E-state index in [0.717, 1.165) is 27.6 Å². The average Bonchev–Trinajstić information content (AvgIpc) is 3.04. The van der Waals surface area contributed by atoms with Gasteiger partial charge in [-0.2, -0.15) is 0 Å². The third kappa shape index (κ3) is 3.61. The Hall–Kier alpha value is -3.03. The van der Waals surface area contributed by atoms with Gasteiger partial charge in [0.25, 0.3) is 5.91 Å². The van der Waals surface area contributed by atoms with Crippen LogP contribution >= 0.6 is 11.6 Å². The van der Waals surface area contributed by atoms with E-state index in [1.54, 1.807) is 23.8 Å². The van der Waals surface area contributed by atoms with Crippen LogP contribution < -0.4 is 10.1 Å². The number of aryl methyl sites for hydroxylation is 2. The Balaban J connectivity index is 1.68. The lowest BCUT2D eigenvalue weighted by Crippen LogP contribution is -2.59. The van der Waals surface area contributed by atoms with Crippen molar-refractivity contribution >= 4 is 34.4 Å². The number of amides is 1. The molecule has 0 atom stereocenters. The van der Waals surface area contributed by atoms with Crippen LogP contribution in [0, 0.1) is 13.8 Å². The zero-order valence-corrected chi connectivity index (χ0v) is 19.2. The fourth-order valence-corrected chi connectivity index (χ4v) is 4.62. The third-order valence-electron chi connectivity index (χ3n) is 6.15. The van der Waals surface area contributed by atoms with Crippen LogP contribution in [0.15, 0.2) is 30.3 Å². The summed E-state index contributed by atoms with van der Waals surface area (Å²) in [6.07, 6.45) is -0.0451. The summed E-state index contributed by atoms with van der Waals surface area (Å²) in [7, 11) is 3.41. The molecule has 1 aliphatic rings. The predicted molar refractivity (Wildman–Crippen MR) is 122 cm³/mol. The van der Waals surface area contributed by atoms with Crippen molar-refractivity contribution in [1.29, 1.82) is 0 Å². The zero-order chi connectivity index (χ0) is 23.2. The first-order valence-corrected chi connectivity index (χ1v) is 10.6. The summed E-state index contributed by atoms with van der Waals surface area (Å²) in [4.78, 5) is 24.4. The molecule has 0 saturated carbocycles. The van der Waals surface area contributed by atoms with E-state index in [1.165, 1.54) is 0 Å². The molecule has 0 aliphatic carbocycles. The molecule has 1 saturated heterocycles. The average molecular weight is 457 g/mol. The van der Waals surface area contributed by atoms with Gasteiger partial charge in [-0.25, -0.2) is 0 Å². The van der Waals surface area contributed by atoms with E-state index in [1.807, 2.05) is 39.1 Å². The number of benzene rings is 2. The Bertz CT molecular complexity index is 1240. The van der Waals surface area contributed by atoms with E-state index in [4.69, 9.17) is 26.2 Å². The maximum atomic E-state index is 13.4. The van der Waals surface area contributed by atoms with Crippen molar-refractivity contribution in [2.24, 2.45) is 7.05 Å². The normalized spacial score (nSPS) is 14.8. The van der Waals surface area contributed by atoms with Crippen molar-refractivity contribution in [3.05, 3.63) is 63.3 Å². The fourth-order valence-electron chi connectivity index (χ4n) is 4.37. The molecule has 32 heavy (non-hydrogen) atoms. The number of aromatic nitrogens is 1. The van der Waals surface area contributed by atoms with Gasteiger partial charge >= 0.3 is 5.97 Å². The Labute approximate surface area is 190 Å². The Kier molecular flexibility index (Phi) is 5.65. The first-order valence-electron chi connectivity index (χ1n) is 10.2. The highest BCUT2D eigenvalue weighted by Gasteiger charge is 2.43. The Morgan fingerprint density at radius 1 is 1.25 bits per heavy atom. The second kappa shape index (κ2) is 8.15. The van der Waals surface area contributed by atoms with Gasteiger partial charge < -0.3 is 24.5 Å². The van der Waals surface area contributed by atoms with E-state index >= 15 is 0 Å². The van der Waals surface area contributed by atoms with Gasteiger partial charge in [0.1, 0.15) is 17.0 Å². The van der Waals surface area contributed by atoms with Crippen LogP contribution in [0.2, 0.25) is 5.02 Å². The van der Waals surface area contributed by atoms with Crippen molar-refractivity contribution in [2.45, 2.75) is 25.8 Å². The second-order valence-corrected chi connectivity index (χ2v) is 8.67. The SMILES string of the molecule is COc1cc2c(cc(C(=O)NC3(c4ccc(CC(=O)O)cc4C)COC3)n2C)c(Cl)c1C. The van der Waals surface area contributed by atoms with Crippen LogP contribution in [0.1, 0.15) is 32.7 Å². The van der Waals surface area contributed by atoms with E-state index in [2.05, 4.69) is 5.32 Å². The van der Waals surface area contributed by atoms with E-state index < -0.39 is 11.5 Å². The maximum Gasteiger partial charge on any atom is 0.307 e. The lowest BCUT2D eigenvalue weighted by Gasteiger charge is -2.43. The topological polar surface area (TPSA) is 89.8 Å². The lowest BCUT2D eigenvalue weighted by atomic mass is 9.84. The molecular weight excluding hydrogens is 432 g/mol. The molecule has 0 bridgehead atoms. The van der Waals surface area contributed by atoms with Gasteiger partial charge in [0.15, 0.2) is 0 Å². The largest absolute Gasteiger partial charge is 0.496 e. The third-order valence-corrected chi connectivity index (χ3v) is 6.63. The number of nitrogens with zero attached hydrogens (tertiary/aromatic N) is 1. The molecule has 7 nitrogen and oxygen atoms in total. The van der Waals surface area contributed by atoms with Gasteiger partial charge in [-0.05, 0) is 36.6 Å². The first-order chi connectivity index (χ1) is 15.2. The molecule has 8 heteroatoms. The van der Waals surface area contributed by atoms with Crippen molar-refractivity contribution in [3.63, 3.8) is 0 Å². The van der Waals surface area contributed by atoms with Gasteiger partial charge in [-0.3, -0.25) is 9.59 Å². The highest BCUT2D eigenvalue weighted by molar-refractivity contribution is 6.36. The molecule has 1 aliphatic heterocycles. The quantitative estimate of drug-likeness (QED) is 0.589. The molecular formula is C24H25ClN2O5. The minimum absolute atomic E-state index is 0.0451. The molecule has 2 heterocycles. The molecule has 0 radical (unpaired) electrons. The zero-order valence-electron chi connectivity index (χ0n) is 18.4. The number of halogens is 1. The number of hydrogen-bond acceptors (Lipinski definition) is 4. The number of rotatable bonds is 6. The number of carboxylic acids is 1. The predicted octanol–water partition coefficient (Wildman–Crippen LogP) is 3.74. The summed E-state index contributed by atoms with van der Waals surface area (Å²) in [5.74, 6) is -0.459. The lowest BCUT2D eigenvalue weighted by molar-refractivity contribution is -0.136. The van der Waals surface area contributed by atoms with Gasteiger partial charge in [-0.1, -0.05) is 29.8 Å². The second-order valence-electron chi connectivity index (χ2n) is 8.29. The molecule has 0 unspecified atom stereocenters. The van der Waals surface area contributed by atoms with Crippen LogP contribution in [-0.4, -0.2) is 41.9 Å². The number of ether oxygens (including phenoxy) is 2. The number of hydrogen-bond donors (Lipinski definition) is 2. The number of carbonyl (C=O) groups is 2. The number of fused-ring (bicyclic) bond motifs is 1. The van der Waals surface area contributed by atoms with Gasteiger partial charge in [0.2, 0.25) is 0 Å². The van der Waals surface area contributed by atoms with Crippen LogP contribution in [-0.2, 0) is 28.5 Å². The van der Waals surface area contributed by atoms with Gasteiger partial charge in [-0.15, -0.1) is 0 Å². The van der Waals surface area contributed by atoms with E-state index in [9.17, 15) is 9.59 Å². The molecule has 0 spiro atoms. The standard InChI is InChI=1S/C24H25ClN2O5/c1-13-7-15(8-21(28)29)5-6-17(13)24(11-32-12-24)26-23(30)19-9-16-18(27(19)3)10-20(31-4)14(2)22(16)25/h5-7,9-10H,8,11-12H2,1-4H3,(H,26,30)(H,28,29). The summed E-state index contributed by atoms with van der Waals surface area (Å²) in [5, 5.41) is 13.5. The van der Waals surface area contributed by atoms with Crippen LogP contribution in [0.4, 0.5) is 0 Å². The van der Waals surface area contributed by atoms with Crippen LogP contribution in [0.5, 0.6) is 5.75 Å². The highest BCUT2D eigenvalue weighted by Crippen LogP contribution is 2.37. The number of nitrogens with one attached hydrogen (secondary N) is 1. The van der Waals surface area contributed by atoms with Crippen molar-refractivity contribution in [3.8, 4) is 5.75 Å². The Morgan fingerprint density at radius 3 is 2.53 bits per heavy atom. The van der Waals surface area contributed by atoms with Crippen LogP contribution in [0.3, 0.4) is 0 Å². The summed E-state index contributed by atoms with van der Waals surface area (Å²) < 4.78 is 12.7. The smallest absolute Gasteiger partial charge is 0.307 e. The molecule has 4 rings (SSSR count). The van der Waals surface area contributed by atoms with Crippen molar-refractivity contribution in [1.82, 2.24) is 9.88 Å². The van der Waals surface area contributed by atoms with E-state index in [0.29, 0.717) is 35.2 Å². The van der Waals surface area contributed by atoms with Gasteiger partial charge in [0.05, 0.1) is 37.3 Å².